The molecule has 0 spiro atoms. The molecule has 0 N–H and O–H groups in total. The Morgan fingerprint density at radius 1 is 1.32 bits per heavy atom. The predicted molar refractivity (Wildman–Crippen MR) is 96.0 cm³/mol. The Morgan fingerprint density at radius 3 is 2.68 bits per heavy atom. The highest BCUT2D eigenvalue weighted by Gasteiger charge is 2.43. The summed E-state index contributed by atoms with van der Waals surface area (Å²) in [5.74, 6) is 0.0874. The third kappa shape index (κ3) is 5.01. The van der Waals surface area contributed by atoms with Gasteiger partial charge in [0.15, 0.2) is 0 Å². The number of hydrogen-bond donors (Lipinski definition) is 0. The molecule has 1 saturated heterocycles. The Labute approximate surface area is 150 Å². The van der Waals surface area contributed by atoms with E-state index in [2.05, 4.69) is 4.98 Å². The third-order valence-electron chi connectivity index (χ3n) is 4.93. The molecule has 1 atom stereocenters. The Hall–Kier alpha value is -1.95. The van der Waals surface area contributed by atoms with Crippen LogP contribution in [0.15, 0.2) is 24.5 Å². The van der Waals surface area contributed by atoms with Gasteiger partial charge in [-0.25, -0.2) is 0 Å². The summed E-state index contributed by atoms with van der Waals surface area (Å²) < 4.78 is 4.98. The van der Waals surface area contributed by atoms with Crippen molar-refractivity contribution in [2.75, 3.05) is 40.9 Å². The molecule has 0 aromatic carbocycles. The van der Waals surface area contributed by atoms with Gasteiger partial charge >= 0.3 is 0 Å². The Bertz CT molecular complexity index is 577. The van der Waals surface area contributed by atoms with Crippen molar-refractivity contribution in [1.82, 2.24) is 14.8 Å². The zero-order valence-electron chi connectivity index (χ0n) is 15.5. The van der Waals surface area contributed by atoms with Crippen LogP contribution in [-0.2, 0) is 20.7 Å². The van der Waals surface area contributed by atoms with Gasteiger partial charge in [0.1, 0.15) is 6.61 Å². The lowest BCUT2D eigenvalue weighted by Gasteiger charge is -2.43. The van der Waals surface area contributed by atoms with Crippen molar-refractivity contribution in [3.63, 3.8) is 0 Å². The maximum Gasteiger partial charge on any atom is 0.248 e. The largest absolute Gasteiger partial charge is 0.375 e. The quantitative estimate of drug-likeness (QED) is 0.754. The van der Waals surface area contributed by atoms with E-state index in [1.54, 1.807) is 36.3 Å². The van der Waals surface area contributed by atoms with E-state index in [1.165, 1.54) is 12.7 Å². The first-order chi connectivity index (χ1) is 12.0. The molecule has 138 valence electrons. The van der Waals surface area contributed by atoms with Gasteiger partial charge in [-0.15, -0.1) is 0 Å². The standard InChI is InChI=1S/C19H29N3O3/c1-21(2)18(24)19(9-4-6-16-7-11-20-12-8-16)10-5-13-22(15-19)17(23)14-25-3/h7-8,11-12H,4-6,9-10,13-15H2,1-3H3. The number of carbonyl (C=O) groups excluding carboxylic acids is 2. The highest BCUT2D eigenvalue weighted by molar-refractivity contribution is 5.84. The van der Waals surface area contributed by atoms with Gasteiger partial charge in [0, 0.05) is 46.7 Å². The molecule has 1 fully saturated rings. The summed E-state index contributed by atoms with van der Waals surface area (Å²) in [6.45, 7) is 1.26. The fraction of sp³-hybridized carbons (Fsp3) is 0.632. The number of hydrogen-bond acceptors (Lipinski definition) is 4. The molecule has 6 nitrogen and oxygen atoms in total. The Morgan fingerprint density at radius 2 is 2.04 bits per heavy atom. The maximum absolute atomic E-state index is 12.9. The van der Waals surface area contributed by atoms with E-state index in [4.69, 9.17) is 4.74 Å². The van der Waals surface area contributed by atoms with Gasteiger partial charge in [-0.1, -0.05) is 0 Å². The van der Waals surface area contributed by atoms with Gasteiger partial charge in [0.2, 0.25) is 11.8 Å². The first kappa shape index (κ1) is 19.4. The molecule has 0 aliphatic carbocycles. The van der Waals surface area contributed by atoms with Gasteiger partial charge in [0.05, 0.1) is 5.41 Å². The molecule has 1 aromatic heterocycles. The molecule has 25 heavy (non-hydrogen) atoms. The number of pyridine rings is 1. The maximum atomic E-state index is 12.9. The van der Waals surface area contributed by atoms with Crippen molar-refractivity contribution in [1.29, 1.82) is 0 Å². The zero-order valence-corrected chi connectivity index (χ0v) is 15.5. The second-order valence-corrected chi connectivity index (χ2v) is 7.04. The van der Waals surface area contributed by atoms with E-state index in [0.717, 1.165) is 32.1 Å². The number of ether oxygens (including phenoxy) is 1. The monoisotopic (exact) mass is 347 g/mol. The molecule has 1 unspecified atom stereocenters. The van der Waals surface area contributed by atoms with E-state index in [9.17, 15) is 9.59 Å². The number of methoxy groups -OCH3 is 1. The average molecular weight is 347 g/mol. The number of amides is 2. The van der Waals surface area contributed by atoms with Crippen LogP contribution in [0.1, 0.15) is 31.2 Å². The lowest BCUT2D eigenvalue weighted by Crippen LogP contribution is -2.53. The summed E-state index contributed by atoms with van der Waals surface area (Å²) in [6, 6.07) is 4.02. The minimum absolute atomic E-state index is 0.0349. The molecular formula is C19H29N3O3. The van der Waals surface area contributed by atoms with Crippen molar-refractivity contribution in [3.8, 4) is 0 Å². The number of aromatic nitrogens is 1. The molecule has 1 aliphatic rings. The molecule has 0 radical (unpaired) electrons. The number of aryl methyl sites for hydroxylation is 1. The van der Waals surface area contributed by atoms with Crippen molar-refractivity contribution in [2.45, 2.75) is 32.1 Å². The molecule has 0 bridgehead atoms. The third-order valence-corrected chi connectivity index (χ3v) is 4.93. The summed E-state index contributed by atoms with van der Waals surface area (Å²) in [6.07, 6.45) is 7.88. The molecule has 2 rings (SSSR count). The predicted octanol–water partition coefficient (Wildman–Crippen LogP) is 1.75. The molecule has 2 heterocycles. The van der Waals surface area contributed by atoms with Crippen molar-refractivity contribution in [2.24, 2.45) is 5.41 Å². The number of likely N-dealkylation sites (tertiary alicyclic amines) is 1. The van der Waals surface area contributed by atoms with E-state index in [1.807, 2.05) is 12.1 Å². The molecule has 2 amide bonds. The van der Waals surface area contributed by atoms with Gasteiger partial charge < -0.3 is 14.5 Å². The first-order valence-corrected chi connectivity index (χ1v) is 8.86. The minimum Gasteiger partial charge on any atom is -0.375 e. The smallest absolute Gasteiger partial charge is 0.248 e. The molecular weight excluding hydrogens is 318 g/mol. The van der Waals surface area contributed by atoms with Crippen LogP contribution in [0.4, 0.5) is 0 Å². The summed E-state index contributed by atoms with van der Waals surface area (Å²) in [7, 11) is 5.11. The summed E-state index contributed by atoms with van der Waals surface area (Å²) in [5.41, 5.74) is 0.739. The van der Waals surface area contributed by atoms with Crippen molar-refractivity contribution < 1.29 is 14.3 Å². The van der Waals surface area contributed by atoms with E-state index in [-0.39, 0.29) is 18.4 Å². The summed E-state index contributed by atoms with van der Waals surface area (Å²) in [4.78, 5) is 32.7. The summed E-state index contributed by atoms with van der Waals surface area (Å²) in [5, 5.41) is 0. The van der Waals surface area contributed by atoms with Crippen LogP contribution in [0.2, 0.25) is 0 Å². The second kappa shape index (κ2) is 8.94. The van der Waals surface area contributed by atoms with Crippen LogP contribution in [0, 0.1) is 5.41 Å². The van der Waals surface area contributed by atoms with Crippen LogP contribution in [0.5, 0.6) is 0 Å². The number of piperidine rings is 1. The average Bonchev–Trinajstić information content (AvgIpc) is 2.62. The van der Waals surface area contributed by atoms with E-state index >= 15 is 0 Å². The first-order valence-electron chi connectivity index (χ1n) is 8.86. The SMILES string of the molecule is COCC(=O)N1CCCC(CCCc2ccncc2)(C(=O)N(C)C)C1. The van der Waals surface area contributed by atoms with Crippen LogP contribution < -0.4 is 0 Å². The van der Waals surface area contributed by atoms with Crippen LogP contribution >= 0.6 is 0 Å². The Kier molecular flexibility index (Phi) is 6.93. The topological polar surface area (TPSA) is 62.7 Å². The number of rotatable bonds is 7. The van der Waals surface area contributed by atoms with Crippen molar-refractivity contribution >= 4 is 11.8 Å². The molecule has 1 aromatic rings. The molecule has 0 saturated carbocycles. The van der Waals surface area contributed by atoms with Crippen LogP contribution in [0.3, 0.4) is 0 Å². The summed E-state index contributed by atoms with van der Waals surface area (Å²) >= 11 is 0. The highest BCUT2D eigenvalue weighted by Crippen LogP contribution is 2.37. The second-order valence-electron chi connectivity index (χ2n) is 7.04. The lowest BCUT2D eigenvalue weighted by molar-refractivity contribution is -0.149. The van der Waals surface area contributed by atoms with Gasteiger partial charge in [-0.2, -0.15) is 0 Å². The number of carbonyl (C=O) groups is 2. The normalized spacial score (nSPS) is 20.4. The lowest BCUT2D eigenvalue weighted by atomic mass is 9.74. The zero-order chi connectivity index (χ0) is 18.3. The Balaban J connectivity index is 2.08. The highest BCUT2D eigenvalue weighted by atomic mass is 16.5. The van der Waals surface area contributed by atoms with Crippen LogP contribution in [-0.4, -0.2) is 67.5 Å². The van der Waals surface area contributed by atoms with Gasteiger partial charge in [0.25, 0.3) is 0 Å². The van der Waals surface area contributed by atoms with Gasteiger partial charge in [-0.3, -0.25) is 14.6 Å². The van der Waals surface area contributed by atoms with E-state index < -0.39 is 5.41 Å². The fourth-order valence-corrected chi connectivity index (χ4v) is 3.70. The minimum atomic E-state index is -0.488. The van der Waals surface area contributed by atoms with Crippen LogP contribution in [0.25, 0.3) is 0 Å². The number of nitrogens with zero attached hydrogens (tertiary/aromatic N) is 3. The van der Waals surface area contributed by atoms with Gasteiger partial charge in [-0.05, 0) is 49.8 Å². The van der Waals surface area contributed by atoms with E-state index in [0.29, 0.717) is 13.1 Å². The molecule has 6 heteroatoms. The van der Waals surface area contributed by atoms with Crippen molar-refractivity contribution in [3.05, 3.63) is 30.1 Å². The molecule has 1 aliphatic heterocycles. The fourth-order valence-electron chi connectivity index (χ4n) is 3.70.